The zero-order valence-corrected chi connectivity index (χ0v) is 11.1. The highest BCUT2D eigenvalue weighted by Crippen LogP contribution is 2.13. The molecule has 0 amide bonds. The van der Waals surface area contributed by atoms with Crippen LogP contribution in [0.5, 0.6) is 0 Å². The number of hydrogen-bond acceptors (Lipinski definition) is 3. The van der Waals surface area contributed by atoms with E-state index in [2.05, 4.69) is 41.4 Å². The highest BCUT2D eigenvalue weighted by molar-refractivity contribution is 5.25. The predicted molar refractivity (Wildman–Crippen MR) is 72.2 cm³/mol. The van der Waals surface area contributed by atoms with Crippen molar-refractivity contribution in [3.8, 4) is 0 Å². The van der Waals surface area contributed by atoms with Gasteiger partial charge in [-0.1, -0.05) is 31.2 Å². The summed E-state index contributed by atoms with van der Waals surface area (Å²) in [7, 11) is 4.09. The molecule has 0 aliphatic carbocycles. The van der Waals surface area contributed by atoms with E-state index in [1.165, 1.54) is 5.56 Å². The fourth-order valence-electron chi connectivity index (χ4n) is 1.74. The van der Waals surface area contributed by atoms with E-state index in [-0.39, 0.29) is 12.6 Å². The van der Waals surface area contributed by atoms with Crippen molar-refractivity contribution in [2.24, 2.45) is 0 Å². The summed E-state index contributed by atoms with van der Waals surface area (Å²) >= 11 is 0. The first-order valence-corrected chi connectivity index (χ1v) is 6.25. The molecule has 2 N–H and O–H groups in total. The normalized spacial score (nSPS) is 13.0. The molecule has 0 spiro atoms. The van der Waals surface area contributed by atoms with Gasteiger partial charge in [0, 0.05) is 13.1 Å². The van der Waals surface area contributed by atoms with Crippen LogP contribution < -0.4 is 5.32 Å². The van der Waals surface area contributed by atoms with E-state index in [4.69, 9.17) is 0 Å². The molecule has 0 fully saturated rings. The molecule has 96 valence electrons. The summed E-state index contributed by atoms with van der Waals surface area (Å²) in [5.41, 5.74) is 2.49. The van der Waals surface area contributed by atoms with Gasteiger partial charge in [-0.15, -0.1) is 0 Å². The summed E-state index contributed by atoms with van der Waals surface area (Å²) in [5.74, 6) is 0. The number of aliphatic hydroxyl groups excluding tert-OH is 1. The molecule has 0 saturated carbocycles. The Balaban J connectivity index is 2.53. The smallest absolute Gasteiger partial charge is 0.0626 e. The second-order valence-electron chi connectivity index (χ2n) is 4.59. The molecular formula is C14H24N2O. The molecule has 0 aliphatic heterocycles. The average Bonchev–Trinajstić information content (AvgIpc) is 2.34. The Labute approximate surface area is 104 Å². The number of hydrogen-bond donors (Lipinski definition) is 2. The zero-order chi connectivity index (χ0) is 12.7. The van der Waals surface area contributed by atoms with Crippen LogP contribution in [0.25, 0.3) is 0 Å². The van der Waals surface area contributed by atoms with Gasteiger partial charge in [0.1, 0.15) is 0 Å². The first-order valence-electron chi connectivity index (χ1n) is 6.25. The quantitative estimate of drug-likeness (QED) is 0.752. The molecule has 0 saturated heterocycles. The lowest BCUT2D eigenvalue weighted by Gasteiger charge is -2.18. The summed E-state index contributed by atoms with van der Waals surface area (Å²) in [5, 5.41) is 12.8. The van der Waals surface area contributed by atoms with Crippen molar-refractivity contribution in [3.63, 3.8) is 0 Å². The van der Waals surface area contributed by atoms with Gasteiger partial charge < -0.3 is 15.3 Å². The summed E-state index contributed by atoms with van der Waals surface area (Å²) in [6, 6.07) is 8.50. The number of benzene rings is 1. The fourth-order valence-corrected chi connectivity index (χ4v) is 1.74. The van der Waals surface area contributed by atoms with E-state index in [1.807, 2.05) is 14.1 Å². The minimum Gasteiger partial charge on any atom is -0.394 e. The molecule has 3 nitrogen and oxygen atoms in total. The van der Waals surface area contributed by atoms with Crippen LogP contribution >= 0.6 is 0 Å². The lowest BCUT2D eigenvalue weighted by molar-refractivity contribution is 0.240. The molecule has 1 aromatic rings. The van der Waals surface area contributed by atoms with Gasteiger partial charge in [-0.25, -0.2) is 0 Å². The van der Waals surface area contributed by atoms with E-state index in [0.29, 0.717) is 0 Å². The van der Waals surface area contributed by atoms with Crippen molar-refractivity contribution in [1.82, 2.24) is 10.2 Å². The summed E-state index contributed by atoms with van der Waals surface area (Å²) in [6.45, 7) is 4.14. The molecule has 0 aromatic heterocycles. The Morgan fingerprint density at radius 2 is 1.88 bits per heavy atom. The van der Waals surface area contributed by atoms with E-state index >= 15 is 0 Å². The minimum atomic E-state index is 0.0425. The van der Waals surface area contributed by atoms with Gasteiger partial charge >= 0.3 is 0 Å². The topological polar surface area (TPSA) is 35.5 Å². The van der Waals surface area contributed by atoms with Gasteiger partial charge in [-0.05, 0) is 31.6 Å². The van der Waals surface area contributed by atoms with Gasteiger partial charge in [0.15, 0.2) is 0 Å². The second-order valence-corrected chi connectivity index (χ2v) is 4.59. The van der Waals surface area contributed by atoms with Gasteiger partial charge in [0.05, 0.1) is 12.6 Å². The summed E-state index contributed by atoms with van der Waals surface area (Å²) < 4.78 is 0. The van der Waals surface area contributed by atoms with Crippen LogP contribution in [-0.4, -0.2) is 43.8 Å². The van der Waals surface area contributed by atoms with E-state index < -0.39 is 0 Å². The monoisotopic (exact) mass is 236 g/mol. The summed E-state index contributed by atoms with van der Waals surface area (Å²) in [6.07, 6.45) is 1.05. The van der Waals surface area contributed by atoms with Crippen molar-refractivity contribution in [1.29, 1.82) is 0 Å². The first kappa shape index (κ1) is 14.2. The Morgan fingerprint density at radius 3 is 2.35 bits per heavy atom. The van der Waals surface area contributed by atoms with Crippen LogP contribution in [0.4, 0.5) is 0 Å². The Kier molecular flexibility index (Phi) is 6.19. The number of nitrogens with zero attached hydrogens (tertiary/aromatic N) is 1. The first-order chi connectivity index (χ1) is 8.17. The third kappa shape index (κ3) is 4.86. The number of rotatable bonds is 7. The van der Waals surface area contributed by atoms with Gasteiger partial charge in [-0.3, -0.25) is 0 Å². The van der Waals surface area contributed by atoms with E-state index in [0.717, 1.165) is 25.1 Å². The maximum atomic E-state index is 9.40. The second kappa shape index (κ2) is 7.43. The predicted octanol–water partition coefficient (Wildman–Crippen LogP) is 1.43. The molecule has 0 radical (unpaired) electrons. The number of nitrogens with one attached hydrogen (secondary N) is 1. The molecule has 1 unspecified atom stereocenters. The SMILES string of the molecule is CCc1ccc(C(CO)NCCN(C)C)cc1. The Bertz CT molecular complexity index is 309. The third-order valence-corrected chi connectivity index (χ3v) is 2.92. The van der Waals surface area contributed by atoms with Crippen LogP contribution in [0.2, 0.25) is 0 Å². The van der Waals surface area contributed by atoms with Crippen molar-refractivity contribution < 1.29 is 5.11 Å². The van der Waals surface area contributed by atoms with E-state index in [1.54, 1.807) is 0 Å². The lowest BCUT2D eigenvalue weighted by atomic mass is 10.0. The molecule has 3 heteroatoms. The highest BCUT2D eigenvalue weighted by Gasteiger charge is 2.08. The molecule has 0 bridgehead atoms. The Morgan fingerprint density at radius 1 is 1.24 bits per heavy atom. The van der Waals surface area contributed by atoms with Crippen LogP contribution in [-0.2, 0) is 6.42 Å². The van der Waals surface area contributed by atoms with Crippen molar-refractivity contribution in [2.75, 3.05) is 33.8 Å². The van der Waals surface area contributed by atoms with Gasteiger partial charge in [-0.2, -0.15) is 0 Å². The Hall–Kier alpha value is -0.900. The molecule has 1 atom stereocenters. The van der Waals surface area contributed by atoms with Gasteiger partial charge in [0.25, 0.3) is 0 Å². The number of aryl methyl sites for hydroxylation is 1. The third-order valence-electron chi connectivity index (χ3n) is 2.92. The maximum Gasteiger partial charge on any atom is 0.0626 e. The average molecular weight is 236 g/mol. The molecule has 0 heterocycles. The number of likely N-dealkylation sites (N-methyl/N-ethyl adjacent to an activating group) is 1. The summed E-state index contributed by atoms with van der Waals surface area (Å²) in [4.78, 5) is 2.13. The molecule has 1 rings (SSSR count). The lowest BCUT2D eigenvalue weighted by Crippen LogP contribution is -2.31. The van der Waals surface area contributed by atoms with Crippen LogP contribution in [0, 0.1) is 0 Å². The maximum absolute atomic E-state index is 9.40. The molecule has 0 aliphatic rings. The fraction of sp³-hybridized carbons (Fsp3) is 0.571. The van der Waals surface area contributed by atoms with Crippen LogP contribution in [0.15, 0.2) is 24.3 Å². The minimum absolute atomic E-state index is 0.0425. The van der Waals surface area contributed by atoms with Crippen LogP contribution in [0.1, 0.15) is 24.1 Å². The van der Waals surface area contributed by atoms with Crippen molar-refractivity contribution >= 4 is 0 Å². The van der Waals surface area contributed by atoms with Gasteiger partial charge in [0.2, 0.25) is 0 Å². The number of aliphatic hydroxyl groups is 1. The van der Waals surface area contributed by atoms with Crippen molar-refractivity contribution in [2.45, 2.75) is 19.4 Å². The molecule has 1 aromatic carbocycles. The standard InChI is InChI=1S/C14H24N2O/c1-4-12-5-7-13(8-6-12)14(11-17)15-9-10-16(2)3/h5-8,14-15,17H,4,9-11H2,1-3H3. The highest BCUT2D eigenvalue weighted by atomic mass is 16.3. The van der Waals surface area contributed by atoms with Crippen LogP contribution in [0.3, 0.4) is 0 Å². The molecule has 17 heavy (non-hydrogen) atoms. The van der Waals surface area contributed by atoms with E-state index in [9.17, 15) is 5.11 Å². The molecular weight excluding hydrogens is 212 g/mol. The largest absolute Gasteiger partial charge is 0.394 e. The zero-order valence-electron chi connectivity index (χ0n) is 11.1. The van der Waals surface area contributed by atoms with Crippen molar-refractivity contribution in [3.05, 3.63) is 35.4 Å².